The summed E-state index contributed by atoms with van der Waals surface area (Å²) in [5.74, 6) is 0.452. The van der Waals surface area contributed by atoms with Gasteiger partial charge in [-0.15, -0.1) is 10.2 Å². The van der Waals surface area contributed by atoms with Crippen molar-refractivity contribution in [1.29, 1.82) is 0 Å². The average Bonchev–Trinajstić information content (AvgIpc) is 3.20. The molecule has 1 atom stereocenters. The zero-order chi connectivity index (χ0) is 19.6. The Bertz CT molecular complexity index is 946. The highest BCUT2D eigenvalue weighted by molar-refractivity contribution is 9.10. The summed E-state index contributed by atoms with van der Waals surface area (Å²) in [4.78, 5) is 14.1. The summed E-state index contributed by atoms with van der Waals surface area (Å²) in [6, 6.07) is 9.70. The van der Waals surface area contributed by atoms with Gasteiger partial charge in [-0.3, -0.25) is 4.79 Å². The van der Waals surface area contributed by atoms with Crippen LogP contribution in [0.3, 0.4) is 0 Å². The van der Waals surface area contributed by atoms with Gasteiger partial charge in [0, 0.05) is 34.1 Å². The second-order valence-corrected chi connectivity index (χ2v) is 7.45. The van der Waals surface area contributed by atoms with E-state index in [0.717, 1.165) is 21.4 Å². The molecule has 7 nitrogen and oxygen atoms in total. The number of hydrogen-bond acceptors (Lipinski definition) is 5. The number of carbonyl (C=O) groups is 1. The maximum Gasteiger partial charge on any atom is 0.204 e. The molecule has 0 N–H and O–H groups in total. The van der Waals surface area contributed by atoms with E-state index in [1.165, 1.54) is 4.80 Å². The van der Waals surface area contributed by atoms with Crippen molar-refractivity contribution in [3.05, 3.63) is 51.8 Å². The Morgan fingerprint density at radius 3 is 2.63 bits per heavy atom. The quantitative estimate of drug-likeness (QED) is 0.534. The van der Waals surface area contributed by atoms with E-state index >= 15 is 0 Å². The minimum Gasteiger partial charge on any atom is -0.383 e. The van der Waals surface area contributed by atoms with Crippen molar-refractivity contribution in [2.75, 3.05) is 13.7 Å². The highest BCUT2D eigenvalue weighted by Gasteiger charge is 2.20. The van der Waals surface area contributed by atoms with Crippen molar-refractivity contribution in [2.24, 2.45) is 0 Å². The second kappa shape index (κ2) is 8.14. The molecular weight excluding hydrogens is 410 g/mol. The van der Waals surface area contributed by atoms with Crippen LogP contribution in [0.1, 0.15) is 34.7 Å². The number of carbonyl (C=O) groups excluding carboxylic acids is 1. The van der Waals surface area contributed by atoms with Gasteiger partial charge >= 0.3 is 0 Å². The Morgan fingerprint density at radius 2 is 1.96 bits per heavy atom. The molecule has 142 valence electrons. The monoisotopic (exact) mass is 431 g/mol. The molecule has 0 radical (unpaired) electrons. The molecule has 2 aromatic heterocycles. The fraction of sp³-hybridized carbons (Fsp3) is 0.368. The van der Waals surface area contributed by atoms with Crippen molar-refractivity contribution in [3.8, 4) is 11.4 Å². The highest BCUT2D eigenvalue weighted by atomic mass is 79.9. The third kappa shape index (κ3) is 4.17. The zero-order valence-electron chi connectivity index (χ0n) is 15.8. The molecule has 0 saturated heterocycles. The van der Waals surface area contributed by atoms with Crippen LogP contribution in [0.25, 0.3) is 11.4 Å². The lowest BCUT2D eigenvalue weighted by atomic mass is 10.1. The molecule has 0 unspecified atom stereocenters. The average molecular weight is 432 g/mol. The fourth-order valence-corrected chi connectivity index (χ4v) is 3.56. The normalized spacial score (nSPS) is 12.3. The summed E-state index contributed by atoms with van der Waals surface area (Å²) in [6.45, 7) is 6.66. The van der Waals surface area contributed by atoms with E-state index in [-0.39, 0.29) is 18.4 Å². The lowest BCUT2D eigenvalue weighted by molar-refractivity contribution is 0.0960. The highest BCUT2D eigenvalue weighted by Crippen LogP contribution is 2.22. The number of nitrogens with zero attached hydrogens (tertiary/aromatic N) is 5. The number of benzene rings is 1. The second-order valence-electron chi connectivity index (χ2n) is 6.53. The maximum absolute atomic E-state index is 12.8. The number of tetrazole rings is 1. The lowest BCUT2D eigenvalue weighted by Gasteiger charge is -2.17. The van der Waals surface area contributed by atoms with Gasteiger partial charge in [0.15, 0.2) is 5.78 Å². The van der Waals surface area contributed by atoms with E-state index in [2.05, 4.69) is 42.8 Å². The van der Waals surface area contributed by atoms with Crippen LogP contribution in [0.5, 0.6) is 0 Å². The third-order valence-corrected chi connectivity index (χ3v) is 5.00. The number of hydrogen-bond donors (Lipinski definition) is 0. The SMILES string of the molecule is COC[C@H](C)n1c(C)cc(C(=O)Cn2nnc(-c3ccc(Br)cc3)n2)c1C. The molecule has 0 spiro atoms. The van der Waals surface area contributed by atoms with Crippen LogP contribution < -0.4 is 0 Å². The first-order chi connectivity index (χ1) is 12.9. The Balaban J connectivity index is 1.78. The first-order valence-corrected chi connectivity index (χ1v) is 9.44. The van der Waals surface area contributed by atoms with E-state index < -0.39 is 0 Å². The number of halogens is 1. The minimum absolute atomic E-state index is 0.0428. The standard InChI is InChI=1S/C19H22BrN5O2/c1-12-9-17(14(3)25(12)13(2)11-27-4)18(26)10-24-22-19(21-23-24)15-5-7-16(20)8-6-15/h5-9,13H,10-11H2,1-4H3/t13-/m0/s1. The molecule has 0 amide bonds. The van der Waals surface area contributed by atoms with Gasteiger partial charge in [0.25, 0.3) is 0 Å². The smallest absolute Gasteiger partial charge is 0.204 e. The number of ether oxygens (including phenoxy) is 1. The van der Waals surface area contributed by atoms with Crippen LogP contribution >= 0.6 is 15.9 Å². The molecule has 0 aliphatic rings. The Morgan fingerprint density at radius 1 is 1.26 bits per heavy atom. The molecule has 0 saturated carbocycles. The van der Waals surface area contributed by atoms with Crippen molar-refractivity contribution >= 4 is 21.7 Å². The van der Waals surface area contributed by atoms with Gasteiger partial charge in [0.2, 0.25) is 5.82 Å². The van der Waals surface area contributed by atoms with Crippen LogP contribution in [0, 0.1) is 13.8 Å². The molecule has 2 heterocycles. The molecular formula is C19H22BrN5O2. The summed E-state index contributed by atoms with van der Waals surface area (Å²) in [5.41, 5.74) is 3.49. The summed E-state index contributed by atoms with van der Waals surface area (Å²) in [7, 11) is 1.68. The van der Waals surface area contributed by atoms with Crippen molar-refractivity contribution < 1.29 is 9.53 Å². The maximum atomic E-state index is 12.8. The molecule has 0 aliphatic carbocycles. The zero-order valence-corrected chi connectivity index (χ0v) is 17.4. The predicted molar refractivity (Wildman–Crippen MR) is 106 cm³/mol. The summed E-state index contributed by atoms with van der Waals surface area (Å²) >= 11 is 3.40. The molecule has 8 heteroatoms. The van der Waals surface area contributed by atoms with E-state index in [9.17, 15) is 4.79 Å². The van der Waals surface area contributed by atoms with Gasteiger partial charge in [-0.25, -0.2) is 0 Å². The summed E-state index contributed by atoms with van der Waals surface area (Å²) < 4.78 is 8.35. The number of ketones is 1. The van der Waals surface area contributed by atoms with E-state index in [1.807, 2.05) is 44.2 Å². The van der Waals surface area contributed by atoms with Gasteiger partial charge < -0.3 is 9.30 Å². The van der Waals surface area contributed by atoms with E-state index in [4.69, 9.17) is 4.74 Å². The van der Waals surface area contributed by atoms with Crippen LogP contribution in [0.2, 0.25) is 0 Å². The van der Waals surface area contributed by atoms with Gasteiger partial charge in [-0.05, 0) is 56.3 Å². The number of methoxy groups -OCH3 is 1. The van der Waals surface area contributed by atoms with Crippen LogP contribution in [0.4, 0.5) is 0 Å². The molecule has 0 bridgehead atoms. The third-order valence-electron chi connectivity index (χ3n) is 4.47. The number of Topliss-reactive ketones (excluding diaryl/α,β-unsaturated/α-hetero) is 1. The lowest BCUT2D eigenvalue weighted by Crippen LogP contribution is -2.16. The predicted octanol–water partition coefficient (Wildman–Crippen LogP) is 3.61. The van der Waals surface area contributed by atoms with Gasteiger partial charge in [0.1, 0.15) is 6.54 Å². The summed E-state index contributed by atoms with van der Waals surface area (Å²) in [5, 5.41) is 12.4. The molecule has 3 aromatic rings. The summed E-state index contributed by atoms with van der Waals surface area (Å²) in [6.07, 6.45) is 0. The number of rotatable bonds is 7. The molecule has 0 aliphatic heterocycles. The van der Waals surface area contributed by atoms with E-state index in [1.54, 1.807) is 7.11 Å². The first-order valence-electron chi connectivity index (χ1n) is 8.65. The molecule has 3 rings (SSSR count). The fourth-order valence-electron chi connectivity index (χ4n) is 3.29. The largest absolute Gasteiger partial charge is 0.383 e. The Labute approximate surface area is 166 Å². The first kappa shape index (κ1) is 19.4. The van der Waals surface area contributed by atoms with Crippen LogP contribution in [-0.4, -0.2) is 44.3 Å². The van der Waals surface area contributed by atoms with Crippen molar-refractivity contribution in [3.63, 3.8) is 0 Å². The van der Waals surface area contributed by atoms with Gasteiger partial charge in [-0.1, -0.05) is 15.9 Å². The molecule has 1 aromatic carbocycles. The molecule has 0 fully saturated rings. The van der Waals surface area contributed by atoms with E-state index in [0.29, 0.717) is 18.0 Å². The Kier molecular flexibility index (Phi) is 5.86. The van der Waals surface area contributed by atoms with Crippen molar-refractivity contribution in [1.82, 2.24) is 24.8 Å². The van der Waals surface area contributed by atoms with Crippen LogP contribution in [-0.2, 0) is 11.3 Å². The Hall–Kier alpha value is -2.32. The number of aryl methyl sites for hydroxylation is 1. The van der Waals surface area contributed by atoms with Gasteiger partial charge in [-0.2, -0.15) is 4.80 Å². The van der Waals surface area contributed by atoms with Crippen molar-refractivity contribution in [2.45, 2.75) is 33.4 Å². The van der Waals surface area contributed by atoms with Crippen LogP contribution in [0.15, 0.2) is 34.8 Å². The number of aromatic nitrogens is 5. The topological polar surface area (TPSA) is 74.8 Å². The van der Waals surface area contributed by atoms with Gasteiger partial charge in [0.05, 0.1) is 12.6 Å². The molecule has 27 heavy (non-hydrogen) atoms. The minimum atomic E-state index is -0.0428.